The average molecular weight is 208 g/mol. The minimum Gasteiger partial charge on any atom is -0.461 e. The van der Waals surface area contributed by atoms with Crippen LogP contribution >= 0.6 is 0 Å². The lowest BCUT2D eigenvalue weighted by Crippen LogP contribution is -1.94. The number of allylic oxidation sites excluding steroid dienone is 1. The number of fused-ring (bicyclic) bond motifs is 1. The van der Waals surface area contributed by atoms with Gasteiger partial charge in [-0.2, -0.15) is 0 Å². The van der Waals surface area contributed by atoms with E-state index in [0.29, 0.717) is 0 Å². The summed E-state index contributed by atoms with van der Waals surface area (Å²) in [4.78, 5) is 0. The molecule has 0 unspecified atom stereocenters. The van der Waals surface area contributed by atoms with Crippen molar-refractivity contribution in [2.75, 3.05) is 0 Å². The van der Waals surface area contributed by atoms with Crippen molar-refractivity contribution in [3.05, 3.63) is 71.5 Å². The Bertz CT molecular complexity index is 526. The molecule has 1 nitrogen and oxygen atoms in total. The van der Waals surface area contributed by atoms with E-state index in [-0.39, 0.29) is 0 Å². The fourth-order valence-corrected chi connectivity index (χ4v) is 1.95. The van der Waals surface area contributed by atoms with Crippen LogP contribution in [-0.2, 0) is 6.42 Å². The predicted molar refractivity (Wildman–Crippen MR) is 65.2 cm³/mol. The minimum atomic E-state index is 0.894. The molecule has 0 fully saturated rings. The van der Waals surface area contributed by atoms with Gasteiger partial charge >= 0.3 is 0 Å². The topological polar surface area (TPSA) is 9.23 Å². The number of hydrogen-bond acceptors (Lipinski definition) is 1. The van der Waals surface area contributed by atoms with Crippen LogP contribution in [0.5, 0.6) is 5.75 Å². The van der Waals surface area contributed by atoms with E-state index in [9.17, 15) is 0 Å². The molecule has 0 amide bonds. The summed E-state index contributed by atoms with van der Waals surface area (Å²) in [5, 5.41) is 0. The van der Waals surface area contributed by atoms with Crippen molar-refractivity contribution < 1.29 is 4.74 Å². The van der Waals surface area contributed by atoms with Crippen molar-refractivity contribution in [3.63, 3.8) is 0 Å². The summed E-state index contributed by atoms with van der Waals surface area (Å²) in [5.74, 6) is 1.92. The normalized spacial score (nSPS) is 13.1. The standard InChI is InChI=1S/C15H12O/c1-2-8-14(9-3-1)16-15-10-12-6-4-5-7-13(12)11-15/h1-10H,11H2. The predicted octanol–water partition coefficient (Wildman–Crippen LogP) is 3.66. The van der Waals surface area contributed by atoms with E-state index in [1.165, 1.54) is 11.1 Å². The largest absolute Gasteiger partial charge is 0.461 e. The molecule has 2 aromatic carbocycles. The van der Waals surface area contributed by atoms with Crippen molar-refractivity contribution in [2.45, 2.75) is 6.42 Å². The van der Waals surface area contributed by atoms with Crippen LogP contribution in [0.3, 0.4) is 0 Å². The molecule has 0 atom stereocenters. The number of para-hydroxylation sites is 1. The van der Waals surface area contributed by atoms with Gasteiger partial charge in [0.1, 0.15) is 11.5 Å². The molecule has 0 N–H and O–H groups in total. The van der Waals surface area contributed by atoms with Crippen LogP contribution in [0.1, 0.15) is 11.1 Å². The van der Waals surface area contributed by atoms with E-state index in [1.807, 2.05) is 30.3 Å². The maximum absolute atomic E-state index is 5.82. The molecule has 2 aromatic rings. The Morgan fingerprint density at radius 3 is 2.38 bits per heavy atom. The Labute approximate surface area is 95.0 Å². The molecule has 1 heteroatoms. The van der Waals surface area contributed by atoms with E-state index in [2.05, 4.69) is 30.3 Å². The summed E-state index contributed by atoms with van der Waals surface area (Å²) in [6.45, 7) is 0. The Kier molecular flexibility index (Phi) is 2.22. The molecule has 0 aromatic heterocycles. The van der Waals surface area contributed by atoms with Gasteiger partial charge in [-0.15, -0.1) is 0 Å². The van der Waals surface area contributed by atoms with Crippen molar-refractivity contribution in [3.8, 4) is 5.75 Å². The minimum absolute atomic E-state index is 0.894. The summed E-state index contributed by atoms with van der Waals surface area (Å²) < 4.78 is 5.82. The van der Waals surface area contributed by atoms with Gasteiger partial charge in [-0.05, 0) is 29.3 Å². The first-order valence-electron chi connectivity index (χ1n) is 5.43. The van der Waals surface area contributed by atoms with Gasteiger partial charge in [0.05, 0.1) is 0 Å². The first-order chi connectivity index (χ1) is 7.92. The SMILES string of the molecule is C1=C(Oc2ccccc2)Cc2ccccc21. The zero-order valence-corrected chi connectivity index (χ0v) is 8.89. The summed E-state index contributed by atoms with van der Waals surface area (Å²) in [6.07, 6.45) is 3.01. The van der Waals surface area contributed by atoms with Crippen LogP contribution < -0.4 is 4.74 Å². The number of rotatable bonds is 2. The van der Waals surface area contributed by atoms with Gasteiger partial charge in [0, 0.05) is 6.42 Å². The average Bonchev–Trinajstić information content (AvgIpc) is 2.72. The van der Waals surface area contributed by atoms with Gasteiger partial charge in [0.2, 0.25) is 0 Å². The first-order valence-corrected chi connectivity index (χ1v) is 5.43. The van der Waals surface area contributed by atoms with E-state index in [4.69, 9.17) is 4.74 Å². The van der Waals surface area contributed by atoms with Gasteiger partial charge in [0.25, 0.3) is 0 Å². The second-order valence-electron chi connectivity index (χ2n) is 3.90. The molecule has 0 aliphatic heterocycles. The zero-order valence-electron chi connectivity index (χ0n) is 8.89. The van der Waals surface area contributed by atoms with Crippen LogP contribution in [0.4, 0.5) is 0 Å². The van der Waals surface area contributed by atoms with Gasteiger partial charge in [0.15, 0.2) is 0 Å². The Hall–Kier alpha value is -2.02. The highest BCUT2D eigenvalue weighted by molar-refractivity contribution is 5.62. The van der Waals surface area contributed by atoms with Crippen LogP contribution in [0.15, 0.2) is 60.4 Å². The second-order valence-corrected chi connectivity index (χ2v) is 3.90. The van der Waals surface area contributed by atoms with Gasteiger partial charge in [-0.3, -0.25) is 0 Å². The fourth-order valence-electron chi connectivity index (χ4n) is 1.95. The summed E-state index contributed by atoms with van der Waals surface area (Å²) in [5.41, 5.74) is 2.61. The molecule has 1 aliphatic carbocycles. The molecular weight excluding hydrogens is 196 g/mol. The molecule has 0 spiro atoms. The third-order valence-corrected chi connectivity index (χ3v) is 2.73. The highest BCUT2D eigenvalue weighted by Gasteiger charge is 2.13. The van der Waals surface area contributed by atoms with E-state index >= 15 is 0 Å². The highest BCUT2D eigenvalue weighted by atomic mass is 16.5. The Balaban J connectivity index is 1.81. The quantitative estimate of drug-likeness (QED) is 0.731. The highest BCUT2D eigenvalue weighted by Crippen LogP contribution is 2.26. The van der Waals surface area contributed by atoms with E-state index < -0.39 is 0 Å². The van der Waals surface area contributed by atoms with Crippen molar-refractivity contribution in [2.24, 2.45) is 0 Å². The maximum atomic E-state index is 5.82. The summed E-state index contributed by atoms with van der Waals surface area (Å²) in [6, 6.07) is 18.3. The lowest BCUT2D eigenvalue weighted by Gasteiger charge is -2.05. The van der Waals surface area contributed by atoms with Crippen LogP contribution in [-0.4, -0.2) is 0 Å². The zero-order chi connectivity index (χ0) is 10.8. The third kappa shape index (κ3) is 1.72. The number of benzene rings is 2. The third-order valence-electron chi connectivity index (χ3n) is 2.73. The van der Waals surface area contributed by atoms with Crippen molar-refractivity contribution >= 4 is 6.08 Å². The summed E-state index contributed by atoms with van der Waals surface area (Å²) in [7, 11) is 0. The Morgan fingerprint density at radius 1 is 0.812 bits per heavy atom. The van der Waals surface area contributed by atoms with Crippen LogP contribution in [0.25, 0.3) is 6.08 Å². The monoisotopic (exact) mass is 208 g/mol. The molecule has 0 bridgehead atoms. The lowest BCUT2D eigenvalue weighted by atomic mass is 10.1. The number of hydrogen-bond donors (Lipinski definition) is 0. The van der Waals surface area contributed by atoms with Gasteiger partial charge < -0.3 is 4.74 Å². The molecule has 78 valence electrons. The van der Waals surface area contributed by atoms with Crippen molar-refractivity contribution in [1.82, 2.24) is 0 Å². The van der Waals surface area contributed by atoms with E-state index in [1.54, 1.807) is 0 Å². The van der Waals surface area contributed by atoms with E-state index in [0.717, 1.165) is 17.9 Å². The molecule has 1 aliphatic rings. The lowest BCUT2D eigenvalue weighted by molar-refractivity contribution is 0.421. The fraction of sp³-hybridized carbons (Fsp3) is 0.0667. The Morgan fingerprint density at radius 2 is 1.56 bits per heavy atom. The molecular formula is C15H12O. The van der Waals surface area contributed by atoms with Crippen LogP contribution in [0, 0.1) is 0 Å². The summed E-state index contributed by atoms with van der Waals surface area (Å²) >= 11 is 0. The van der Waals surface area contributed by atoms with Gasteiger partial charge in [-0.25, -0.2) is 0 Å². The smallest absolute Gasteiger partial charge is 0.126 e. The van der Waals surface area contributed by atoms with Gasteiger partial charge in [-0.1, -0.05) is 42.5 Å². The van der Waals surface area contributed by atoms with Crippen molar-refractivity contribution in [1.29, 1.82) is 0 Å². The first kappa shape index (κ1) is 9.22. The molecule has 16 heavy (non-hydrogen) atoms. The molecule has 3 rings (SSSR count). The van der Waals surface area contributed by atoms with Crippen LogP contribution in [0.2, 0.25) is 0 Å². The maximum Gasteiger partial charge on any atom is 0.126 e. The molecule has 0 saturated heterocycles. The molecule has 0 saturated carbocycles. The molecule has 0 heterocycles. The molecule has 0 radical (unpaired) electrons. The second kappa shape index (κ2) is 3.86. The number of ether oxygens (including phenoxy) is 1.